The van der Waals surface area contributed by atoms with E-state index in [9.17, 15) is 14.4 Å². The Bertz CT molecular complexity index is 254. The second kappa shape index (κ2) is 6.63. The molecule has 86 valence electrons. The van der Waals surface area contributed by atoms with E-state index >= 15 is 0 Å². The van der Waals surface area contributed by atoms with Crippen molar-refractivity contribution in [1.29, 1.82) is 0 Å². The smallest absolute Gasteiger partial charge is 0.325 e. The average molecular weight is 217 g/mol. The fraction of sp³-hybridized carbons (Fsp3) is 0.625. The zero-order valence-corrected chi connectivity index (χ0v) is 8.66. The molecule has 0 aliphatic carbocycles. The molecular weight excluding hydrogens is 202 g/mol. The van der Waals surface area contributed by atoms with Crippen LogP contribution >= 0.6 is 0 Å². The van der Waals surface area contributed by atoms with E-state index in [1.54, 1.807) is 0 Å². The molecule has 3 amide bonds. The van der Waals surface area contributed by atoms with Crippen LogP contribution in [0.1, 0.15) is 13.8 Å². The summed E-state index contributed by atoms with van der Waals surface area (Å²) in [5.74, 6) is -1.29. The molecule has 0 radical (unpaired) electrons. The number of nitrogens with one attached hydrogen (secondary N) is 3. The number of carboxylic acids is 1. The van der Waals surface area contributed by atoms with Gasteiger partial charge in [-0.3, -0.25) is 9.59 Å². The maximum Gasteiger partial charge on any atom is 0.325 e. The number of amides is 3. The molecule has 0 aromatic carbocycles. The highest BCUT2D eigenvalue weighted by Crippen LogP contribution is 1.79. The van der Waals surface area contributed by atoms with E-state index in [-0.39, 0.29) is 12.5 Å². The number of hydrogen-bond acceptors (Lipinski definition) is 3. The van der Waals surface area contributed by atoms with Gasteiger partial charge in [-0.2, -0.15) is 0 Å². The SMILES string of the molecule is CC(=O)NCCNC(=O)N[C@@H](C)C(=O)O. The lowest BCUT2D eigenvalue weighted by atomic mass is 10.3. The van der Waals surface area contributed by atoms with Crippen LogP contribution in [0, 0.1) is 0 Å². The molecule has 0 saturated carbocycles. The summed E-state index contributed by atoms with van der Waals surface area (Å²) < 4.78 is 0. The largest absolute Gasteiger partial charge is 0.480 e. The molecule has 0 aliphatic heterocycles. The van der Waals surface area contributed by atoms with Crippen LogP contribution in [0.3, 0.4) is 0 Å². The van der Waals surface area contributed by atoms with Crippen molar-refractivity contribution < 1.29 is 19.5 Å². The van der Waals surface area contributed by atoms with Gasteiger partial charge in [0, 0.05) is 20.0 Å². The van der Waals surface area contributed by atoms with Gasteiger partial charge in [0.15, 0.2) is 0 Å². The molecule has 1 atom stereocenters. The lowest BCUT2D eigenvalue weighted by molar-refractivity contribution is -0.138. The number of carboxylic acid groups (broad SMARTS) is 1. The predicted molar refractivity (Wildman–Crippen MR) is 52.3 cm³/mol. The average Bonchev–Trinajstić information content (AvgIpc) is 2.12. The minimum absolute atomic E-state index is 0.184. The minimum atomic E-state index is -1.10. The molecule has 0 rings (SSSR count). The van der Waals surface area contributed by atoms with Gasteiger partial charge >= 0.3 is 12.0 Å². The van der Waals surface area contributed by atoms with E-state index in [1.807, 2.05) is 0 Å². The maximum atomic E-state index is 11.0. The molecule has 0 bridgehead atoms. The number of aliphatic carboxylic acids is 1. The summed E-state index contributed by atoms with van der Waals surface area (Å²) in [6.45, 7) is 3.28. The van der Waals surface area contributed by atoms with Crippen molar-refractivity contribution >= 4 is 17.9 Å². The molecule has 15 heavy (non-hydrogen) atoms. The van der Waals surface area contributed by atoms with Crippen LogP contribution in [0.5, 0.6) is 0 Å². The Labute approximate surface area is 87.2 Å². The molecule has 0 aliphatic rings. The molecule has 0 aromatic rings. The van der Waals surface area contributed by atoms with Crippen molar-refractivity contribution in [2.24, 2.45) is 0 Å². The number of rotatable bonds is 5. The van der Waals surface area contributed by atoms with Crippen LogP contribution in [-0.2, 0) is 9.59 Å². The molecule has 0 heterocycles. The first-order chi connectivity index (χ1) is 6.93. The zero-order valence-electron chi connectivity index (χ0n) is 8.66. The molecule has 0 aromatic heterocycles. The van der Waals surface area contributed by atoms with Crippen LogP contribution in [0.2, 0.25) is 0 Å². The Morgan fingerprint density at radius 3 is 2.20 bits per heavy atom. The van der Waals surface area contributed by atoms with Crippen molar-refractivity contribution in [3.05, 3.63) is 0 Å². The summed E-state index contributed by atoms with van der Waals surface area (Å²) >= 11 is 0. The van der Waals surface area contributed by atoms with Gasteiger partial charge in [-0.25, -0.2) is 4.79 Å². The minimum Gasteiger partial charge on any atom is -0.480 e. The van der Waals surface area contributed by atoms with Crippen molar-refractivity contribution in [2.75, 3.05) is 13.1 Å². The van der Waals surface area contributed by atoms with E-state index < -0.39 is 18.0 Å². The Morgan fingerprint density at radius 1 is 1.20 bits per heavy atom. The third-order valence-corrected chi connectivity index (χ3v) is 1.50. The number of carbonyl (C=O) groups excluding carboxylic acids is 2. The molecule has 7 heteroatoms. The highest BCUT2D eigenvalue weighted by Gasteiger charge is 2.12. The van der Waals surface area contributed by atoms with Crippen LogP contribution < -0.4 is 16.0 Å². The summed E-state index contributed by atoms with van der Waals surface area (Å²) in [4.78, 5) is 31.8. The van der Waals surface area contributed by atoms with Crippen molar-refractivity contribution in [1.82, 2.24) is 16.0 Å². The van der Waals surface area contributed by atoms with Crippen molar-refractivity contribution in [2.45, 2.75) is 19.9 Å². The number of carbonyl (C=O) groups is 3. The fourth-order valence-corrected chi connectivity index (χ4v) is 0.724. The second-order valence-corrected chi connectivity index (χ2v) is 2.94. The summed E-state index contributed by atoms with van der Waals surface area (Å²) in [5, 5.41) is 15.6. The van der Waals surface area contributed by atoms with Crippen LogP contribution in [-0.4, -0.2) is 42.1 Å². The summed E-state index contributed by atoms with van der Waals surface area (Å²) in [5.41, 5.74) is 0. The van der Waals surface area contributed by atoms with E-state index in [1.165, 1.54) is 13.8 Å². The third-order valence-electron chi connectivity index (χ3n) is 1.50. The lowest BCUT2D eigenvalue weighted by Crippen LogP contribution is -2.46. The normalized spacial score (nSPS) is 11.3. The van der Waals surface area contributed by atoms with Crippen LogP contribution in [0.15, 0.2) is 0 Å². The van der Waals surface area contributed by atoms with Crippen molar-refractivity contribution in [3.63, 3.8) is 0 Å². The van der Waals surface area contributed by atoms with Gasteiger partial charge in [-0.15, -0.1) is 0 Å². The number of hydrogen-bond donors (Lipinski definition) is 4. The molecule has 4 N–H and O–H groups in total. The quantitative estimate of drug-likeness (QED) is 0.438. The van der Waals surface area contributed by atoms with Gasteiger partial charge in [0.1, 0.15) is 6.04 Å². The van der Waals surface area contributed by atoms with Gasteiger partial charge < -0.3 is 21.1 Å². The van der Waals surface area contributed by atoms with Crippen LogP contribution in [0.4, 0.5) is 4.79 Å². The predicted octanol–water partition coefficient (Wildman–Crippen LogP) is -1.11. The monoisotopic (exact) mass is 217 g/mol. The van der Waals surface area contributed by atoms with E-state index in [0.717, 1.165) is 0 Å². The van der Waals surface area contributed by atoms with Gasteiger partial charge in [0.05, 0.1) is 0 Å². The fourth-order valence-electron chi connectivity index (χ4n) is 0.724. The summed E-state index contributed by atoms with van der Waals surface area (Å²) in [6, 6.07) is -1.51. The molecule has 0 unspecified atom stereocenters. The second-order valence-electron chi connectivity index (χ2n) is 2.94. The Kier molecular flexibility index (Phi) is 5.84. The van der Waals surface area contributed by atoms with E-state index in [0.29, 0.717) is 6.54 Å². The molecule has 0 spiro atoms. The maximum absolute atomic E-state index is 11.0. The molecule has 0 saturated heterocycles. The Balaban J connectivity index is 3.58. The Morgan fingerprint density at radius 2 is 1.73 bits per heavy atom. The highest BCUT2D eigenvalue weighted by atomic mass is 16.4. The first-order valence-electron chi connectivity index (χ1n) is 4.45. The summed E-state index contributed by atoms with van der Waals surface area (Å²) in [6.07, 6.45) is 0. The van der Waals surface area contributed by atoms with E-state index in [2.05, 4.69) is 16.0 Å². The molecule has 7 nitrogen and oxygen atoms in total. The topological polar surface area (TPSA) is 108 Å². The van der Waals surface area contributed by atoms with Gasteiger partial charge in [0.25, 0.3) is 0 Å². The van der Waals surface area contributed by atoms with Gasteiger partial charge in [0.2, 0.25) is 5.91 Å². The van der Waals surface area contributed by atoms with Crippen LogP contribution in [0.25, 0.3) is 0 Å². The van der Waals surface area contributed by atoms with Gasteiger partial charge in [-0.1, -0.05) is 0 Å². The summed E-state index contributed by atoms with van der Waals surface area (Å²) in [7, 11) is 0. The van der Waals surface area contributed by atoms with E-state index in [4.69, 9.17) is 5.11 Å². The molecule has 0 fully saturated rings. The standard InChI is InChI=1S/C8H15N3O4/c1-5(7(13)14)11-8(15)10-4-3-9-6(2)12/h5H,3-4H2,1-2H3,(H,9,12)(H,13,14)(H2,10,11,15)/t5-/m0/s1. The van der Waals surface area contributed by atoms with Gasteiger partial charge in [-0.05, 0) is 6.92 Å². The first kappa shape index (κ1) is 13.2. The molecular formula is C8H15N3O4. The third kappa shape index (κ3) is 7.29. The Hall–Kier alpha value is -1.79. The zero-order chi connectivity index (χ0) is 11.8. The lowest BCUT2D eigenvalue weighted by Gasteiger charge is -2.10. The highest BCUT2D eigenvalue weighted by molar-refractivity contribution is 5.82. The first-order valence-corrected chi connectivity index (χ1v) is 4.45. The van der Waals surface area contributed by atoms with Crippen molar-refractivity contribution in [3.8, 4) is 0 Å². The number of urea groups is 1.